The van der Waals surface area contributed by atoms with E-state index in [2.05, 4.69) is 4.84 Å². The van der Waals surface area contributed by atoms with Crippen molar-refractivity contribution in [2.24, 2.45) is 5.90 Å². The Kier molecular flexibility index (Phi) is 1.74. The first kappa shape index (κ1) is 6.70. The summed E-state index contributed by atoms with van der Waals surface area (Å²) >= 11 is 1.76. The highest BCUT2D eigenvalue weighted by molar-refractivity contribution is 14.1. The van der Waals surface area contributed by atoms with Crippen LogP contribution in [0.3, 0.4) is 0 Å². The van der Waals surface area contributed by atoms with Gasteiger partial charge in [-0.15, -0.1) is 0 Å². The average molecular weight is 231 g/mol. The molecule has 2 nitrogen and oxygen atoms in total. The summed E-state index contributed by atoms with van der Waals surface area (Å²) in [6.07, 6.45) is 0.825. The lowest BCUT2D eigenvalue weighted by Crippen LogP contribution is -2.41. The summed E-state index contributed by atoms with van der Waals surface area (Å²) in [4.78, 5) is 4.38. The molecule has 1 aliphatic carbocycles. The van der Waals surface area contributed by atoms with Crippen LogP contribution in [-0.4, -0.2) is 9.78 Å². The molecule has 8 heavy (non-hydrogen) atoms. The van der Waals surface area contributed by atoms with Crippen LogP contribution in [0.25, 0.3) is 0 Å². The van der Waals surface area contributed by atoms with E-state index in [1.807, 2.05) is 0 Å². The average Bonchev–Trinajstić information content (AvgIpc) is 1.60. The predicted octanol–water partition coefficient (Wildman–Crippen LogP) is 1.14. The van der Waals surface area contributed by atoms with E-state index in [1.54, 1.807) is 22.6 Å². The summed E-state index contributed by atoms with van der Waals surface area (Å²) in [5.74, 6) is 4.78. The van der Waals surface area contributed by atoms with Crippen LogP contribution in [0.5, 0.6) is 0 Å². The Balaban J connectivity index is 2.21. The second-order valence-corrected chi connectivity index (χ2v) is 3.96. The fraction of sp³-hybridized carbons (Fsp3) is 1.00. The Morgan fingerprint density at radius 3 is 2.38 bits per heavy atom. The van der Waals surface area contributed by atoms with E-state index in [0.717, 1.165) is 0 Å². The van der Waals surface area contributed by atoms with Gasteiger partial charge < -0.3 is 4.84 Å². The number of nitrogens with two attached hydrogens (primary N) is 1. The van der Waals surface area contributed by atoms with E-state index < -0.39 is 3.68 Å². The van der Waals surface area contributed by atoms with Crippen LogP contribution in [0.15, 0.2) is 0 Å². The van der Waals surface area contributed by atoms with Crippen molar-refractivity contribution in [3.8, 4) is 0 Å². The van der Waals surface area contributed by atoms with E-state index in [1.165, 1.54) is 0 Å². The van der Waals surface area contributed by atoms with Gasteiger partial charge in [0.1, 0.15) is 0 Å². The van der Waals surface area contributed by atoms with Crippen LogP contribution in [0.2, 0.25) is 0 Å². The van der Waals surface area contributed by atoms with Crippen LogP contribution in [-0.2, 0) is 4.84 Å². The number of halogens is 2. The molecule has 0 aromatic heterocycles. The van der Waals surface area contributed by atoms with Crippen LogP contribution in [0, 0.1) is 0 Å². The lowest BCUT2D eigenvalue weighted by atomic mass is 9.94. The zero-order valence-corrected chi connectivity index (χ0v) is 6.39. The first-order valence-electron chi connectivity index (χ1n) is 2.37. The van der Waals surface area contributed by atoms with Gasteiger partial charge in [-0.05, 0) is 22.6 Å². The smallest absolute Gasteiger partial charge is 0.166 e. The highest BCUT2D eigenvalue weighted by Crippen LogP contribution is 2.42. The zero-order chi connectivity index (χ0) is 6.20. The molecule has 0 unspecified atom stereocenters. The first-order valence-corrected chi connectivity index (χ1v) is 3.45. The van der Waals surface area contributed by atoms with Gasteiger partial charge in [-0.1, -0.05) is 0 Å². The lowest BCUT2D eigenvalue weighted by Gasteiger charge is -2.34. The standard InChI is InChI=1S/C4H7FINO/c5-4(6)1-3(2-4)8-7/h3H,1-2,7H2. The highest BCUT2D eigenvalue weighted by Gasteiger charge is 2.43. The third-order valence-electron chi connectivity index (χ3n) is 1.25. The lowest BCUT2D eigenvalue weighted by molar-refractivity contribution is -0.0494. The fourth-order valence-electron chi connectivity index (χ4n) is 0.703. The predicted molar refractivity (Wildman–Crippen MR) is 36.2 cm³/mol. The summed E-state index contributed by atoms with van der Waals surface area (Å²) in [6, 6.07) is 0. The molecule has 0 aliphatic heterocycles. The van der Waals surface area contributed by atoms with Gasteiger partial charge >= 0.3 is 0 Å². The number of hydrogen-bond donors (Lipinski definition) is 1. The summed E-state index contributed by atoms with van der Waals surface area (Å²) in [7, 11) is 0. The molecule has 1 rings (SSSR count). The van der Waals surface area contributed by atoms with Gasteiger partial charge in [0.15, 0.2) is 3.68 Å². The number of rotatable bonds is 1. The molecular weight excluding hydrogens is 224 g/mol. The van der Waals surface area contributed by atoms with Crippen LogP contribution < -0.4 is 5.90 Å². The van der Waals surface area contributed by atoms with Crippen molar-refractivity contribution in [1.82, 2.24) is 0 Å². The quantitative estimate of drug-likeness (QED) is 0.417. The van der Waals surface area contributed by atoms with Gasteiger partial charge in [0.25, 0.3) is 0 Å². The summed E-state index contributed by atoms with van der Waals surface area (Å²) in [5.41, 5.74) is 0. The third kappa shape index (κ3) is 1.29. The largest absolute Gasteiger partial charge is 0.301 e. The van der Waals surface area contributed by atoms with Crippen molar-refractivity contribution in [3.63, 3.8) is 0 Å². The summed E-state index contributed by atoms with van der Waals surface area (Å²) < 4.78 is 11.5. The van der Waals surface area contributed by atoms with E-state index in [4.69, 9.17) is 5.90 Å². The molecule has 0 heterocycles. The van der Waals surface area contributed by atoms with Crippen molar-refractivity contribution in [2.45, 2.75) is 22.6 Å². The number of alkyl halides is 2. The van der Waals surface area contributed by atoms with Gasteiger partial charge in [-0.25, -0.2) is 10.3 Å². The molecule has 0 amide bonds. The molecule has 0 bridgehead atoms. The maximum absolute atomic E-state index is 12.5. The topological polar surface area (TPSA) is 35.2 Å². The summed E-state index contributed by atoms with van der Waals surface area (Å²) in [5, 5.41) is 0. The van der Waals surface area contributed by atoms with E-state index in [-0.39, 0.29) is 6.10 Å². The molecule has 1 aliphatic rings. The molecular formula is C4H7FINO. The Morgan fingerprint density at radius 1 is 1.75 bits per heavy atom. The molecule has 0 aromatic carbocycles. The minimum absolute atomic E-state index is 0.0445. The van der Waals surface area contributed by atoms with Gasteiger partial charge in [-0.3, -0.25) is 0 Å². The fourth-order valence-corrected chi connectivity index (χ4v) is 1.69. The Bertz CT molecular complexity index is 90.0. The van der Waals surface area contributed by atoms with E-state index in [9.17, 15) is 4.39 Å². The second-order valence-electron chi connectivity index (χ2n) is 2.02. The summed E-state index contributed by atoms with van der Waals surface area (Å²) in [6.45, 7) is 0. The van der Waals surface area contributed by atoms with Gasteiger partial charge in [0, 0.05) is 12.8 Å². The second kappa shape index (κ2) is 2.07. The van der Waals surface area contributed by atoms with Crippen LogP contribution in [0.4, 0.5) is 4.39 Å². The molecule has 1 saturated carbocycles. The van der Waals surface area contributed by atoms with Crippen molar-refractivity contribution >= 4 is 22.6 Å². The van der Waals surface area contributed by atoms with Crippen LogP contribution in [0.1, 0.15) is 12.8 Å². The molecule has 0 radical (unpaired) electrons. The van der Waals surface area contributed by atoms with Crippen molar-refractivity contribution < 1.29 is 9.23 Å². The molecule has 1 fully saturated rings. The Morgan fingerprint density at radius 2 is 2.25 bits per heavy atom. The molecule has 2 N–H and O–H groups in total. The van der Waals surface area contributed by atoms with Crippen molar-refractivity contribution in [2.75, 3.05) is 0 Å². The highest BCUT2D eigenvalue weighted by atomic mass is 127. The third-order valence-corrected chi connectivity index (χ3v) is 2.13. The molecule has 0 aromatic rings. The van der Waals surface area contributed by atoms with Gasteiger partial charge in [0.05, 0.1) is 6.10 Å². The normalized spacial score (nSPS) is 46.1. The van der Waals surface area contributed by atoms with Crippen molar-refractivity contribution in [3.05, 3.63) is 0 Å². The maximum Gasteiger partial charge on any atom is 0.166 e. The Labute approximate surface area is 60.7 Å². The molecule has 0 atom stereocenters. The minimum atomic E-state index is -1.04. The number of hydrogen-bond acceptors (Lipinski definition) is 2. The molecule has 4 heteroatoms. The Hall–Kier alpha value is 0.580. The first-order chi connectivity index (χ1) is 3.64. The monoisotopic (exact) mass is 231 g/mol. The van der Waals surface area contributed by atoms with Crippen LogP contribution >= 0.6 is 22.6 Å². The van der Waals surface area contributed by atoms with Gasteiger partial charge in [0.2, 0.25) is 0 Å². The SMILES string of the molecule is NOC1CC(F)(I)C1. The minimum Gasteiger partial charge on any atom is -0.301 e. The van der Waals surface area contributed by atoms with Crippen molar-refractivity contribution in [1.29, 1.82) is 0 Å². The molecule has 0 saturated heterocycles. The molecule has 48 valence electrons. The zero-order valence-electron chi connectivity index (χ0n) is 4.23. The van der Waals surface area contributed by atoms with Gasteiger partial charge in [-0.2, -0.15) is 0 Å². The van der Waals surface area contributed by atoms with E-state index >= 15 is 0 Å². The maximum atomic E-state index is 12.5. The molecule has 0 spiro atoms. The van der Waals surface area contributed by atoms with E-state index in [0.29, 0.717) is 12.8 Å².